The molecule has 78 valence electrons. The summed E-state index contributed by atoms with van der Waals surface area (Å²) in [6.07, 6.45) is 0. The first-order valence-corrected chi connectivity index (χ1v) is 5.16. The van der Waals surface area contributed by atoms with Crippen LogP contribution in [-0.4, -0.2) is 16.6 Å². The Hall–Kier alpha value is -0.970. The van der Waals surface area contributed by atoms with Crippen LogP contribution in [-0.2, 0) is 11.3 Å². The number of hydrogen-bond donors (Lipinski definition) is 1. The lowest BCUT2D eigenvalue weighted by Crippen LogP contribution is -2.38. The number of rotatable bonds is 3. The van der Waals surface area contributed by atoms with Crippen molar-refractivity contribution in [3.8, 4) is 0 Å². The van der Waals surface area contributed by atoms with E-state index in [1.807, 2.05) is 12.3 Å². The van der Waals surface area contributed by atoms with Crippen LogP contribution in [0.15, 0.2) is 5.38 Å². The number of thiazole rings is 1. The molecule has 1 heterocycles. The van der Waals surface area contributed by atoms with Crippen LogP contribution in [0.3, 0.4) is 0 Å². The molecule has 0 atom stereocenters. The molecule has 0 bridgehead atoms. The van der Waals surface area contributed by atoms with Crippen LogP contribution in [0.5, 0.6) is 0 Å². The minimum absolute atomic E-state index is 0.288. The molecular formula is C9H13FN2OS. The van der Waals surface area contributed by atoms with Crippen LogP contribution in [0.4, 0.5) is 4.39 Å². The molecule has 0 unspecified atom stereocenters. The Balaban J connectivity index is 2.46. The molecule has 1 amide bonds. The van der Waals surface area contributed by atoms with Crippen LogP contribution in [0.2, 0.25) is 0 Å². The smallest absolute Gasteiger partial charge is 0.257 e. The van der Waals surface area contributed by atoms with Crippen molar-refractivity contribution in [3.05, 3.63) is 16.1 Å². The van der Waals surface area contributed by atoms with E-state index in [0.29, 0.717) is 0 Å². The molecule has 1 N–H and O–H groups in total. The maximum Gasteiger partial charge on any atom is 0.257 e. The summed E-state index contributed by atoms with van der Waals surface area (Å²) in [5, 5.41) is 5.27. The lowest BCUT2D eigenvalue weighted by atomic mass is 10.1. The highest BCUT2D eigenvalue weighted by molar-refractivity contribution is 7.09. The Morgan fingerprint density at radius 1 is 1.71 bits per heavy atom. The van der Waals surface area contributed by atoms with E-state index in [0.717, 1.165) is 10.7 Å². The van der Waals surface area contributed by atoms with Gasteiger partial charge in [-0.05, 0) is 20.8 Å². The lowest BCUT2D eigenvalue weighted by Gasteiger charge is -2.12. The molecule has 1 aromatic heterocycles. The van der Waals surface area contributed by atoms with Gasteiger partial charge in [0.05, 0.1) is 17.2 Å². The summed E-state index contributed by atoms with van der Waals surface area (Å²) < 4.78 is 13.1. The van der Waals surface area contributed by atoms with Crippen LogP contribution >= 0.6 is 11.3 Å². The fourth-order valence-corrected chi connectivity index (χ4v) is 1.48. The highest BCUT2D eigenvalue weighted by Crippen LogP contribution is 2.10. The molecular weight excluding hydrogens is 203 g/mol. The molecule has 0 aliphatic rings. The molecule has 0 aromatic carbocycles. The zero-order valence-electron chi connectivity index (χ0n) is 8.43. The van der Waals surface area contributed by atoms with Gasteiger partial charge in [0.15, 0.2) is 5.67 Å². The Morgan fingerprint density at radius 2 is 2.36 bits per heavy atom. The van der Waals surface area contributed by atoms with E-state index in [-0.39, 0.29) is 6.54 Å². The second kappa shape index (κ2) is 4.04. The molecule has 5 heteroatoms. The molecule has 0 aliphatic carbocycles. The number of amides is 1. The molecule has 1 rings (SSSR count). The van der Waals surface area contributed by atoms with E-state index in [4.69, 9.17) is 0 Å². The van der Waals surface area contributed by atoms with Crippen molar-refractivity contribution >= 4 is 17.2 Å². The zero-order chi connectivity index (χ0) is 10.8. The summed E-state index contributed by atoms with van der Waals surface area (Å²) in [4.78, 5) is 15.3. The Kier molecular flexibility index (Phi) is 3.21. The van der Waals surface area contributed by atoms with Gasteiger partial charge in [0.1, 0.15) is 0 Å². The van der Waals surface area contributed by atoms with Crippen molar-refractivity contribution in [2.75, 3.05) is 0 Å². The van der Waals surface area contributed by atoms with Gasteiger partial charge in [0.2, 0.25) is 0 Å². The lowest BCUT2D eigenvalue weighted by molar-refractivity contribution is -0.130. The van der Waals surface area contributed by atoms with Crippen LogP contribution in [0.1, 0.15) is 24.5 Å². The number of aromatic nitrogens is 1. The summed E-state index contributed by atoms with van der Waals surface area (Å²) in [5.41, 5.74) is -1.06. The average Bonchev–Trinajstić information content (AvgIpc) is 2.45. The average molecular weight is 216 g/mol. The minimum Gasteiger partial charge on any atom is -0.348 e. The quantitative estimate of drug-likeness (QED) is 0.837. The molecule has 1 aromatic rings. The van der Waals surface area contributed by atoms with E-state index in [1.54, 1.807) is 0 Å². The first-order valence-electron chi connectivity index (χ1n) is 4.28. The Labute approximate surface area is 86.4 Å². The SMILES string of the molecule is Cc1nc(CNC(=O)C(C)(C)F)cs1. The molecule has 0 saturated heterocycles. The summed E-state index contributed by atoms with van der Waals surface area (Å²) in [6.45, 7) is 4.63. The highest BCUT2D eigenvalue weighted by atomic mass is 32.1. The van der Waals surface area contributed by atoms with Gasteiger partial charge in [0, 0.05) is 5.38 Å². The molecule has 0 aliphatic heterocycles. The topological polar surface area (TPSA) is 42.0 Å². The van der Waals surface area contributed by atoms with Crippen molar-refractivity contribution in [1.82, 2.24) is 10.3 Å². The standard InChI is InChI=1S/C9H13FN2OS/c1-6-12-7(5-14-6)4-11-8(13)9(2,3)10/h5H,4H2,1-3H3,(H,11,13). The molecule has 0 fully saturated rings. The maximum absolute atomic E-state index is 13.1. The van der Waals surface area contributed by atoms with Crippen molar-refractivity contribution in [2.24, 2.45) is 0 Å². The van der Waals surface area contributed by atoms with Gasteiger partial charge in [-0.2, -0.15) is 0 Å². The van der Waals surface area contributed by atoms with Gasteiger partial charge in [0.25, 0.3) is 5.91 Å². The number of carbonyl (C=O) groups is 1. The molecule has 3 nitrogen and oxygen atoms in total. The number of halogens is 1. The number of aryl methyl sites for hydroxylation is 1. The van der Waals surface area contributed by atoms with Crippen molar-refractivity contribution in [1.29, 1.82) is 0 Å². The predicted molar refractivity (Wildman–Crippen MR) is 53.9 cm³/mol. The summed E-state index contributed by atoms with van der Waals surface area (Å²) in [5.74, 6) is -0.608. The molecule has 0 spiro atoms. The van der Waals surface area contributed by atoms with Crippen LogP contribution in [0, 0.1) is 6.92 Å². The van der Waals surface area contributed by atoms with Crippen LogP contribution in [0.25, 0.3) is 0 Å². The molecule has 14 heavy (non-hydrogen) atoms. The third-order valence-corrected chi connectivity index (χ3v) is 2.46. The fourth-order valence-electron chi connectivity index (χ4n) is 0.870. The highest BCUT2D eigenvalue weighted by Gasteiger charge is 2.25. The number of nitrogens with zero attached hydrogens (tertiary/aromatic N) is 1. The molecule has 0 saturated carbocycles. The second-order valence-electron chi connectivity index (χ2n) is 3.51. The molecule has 0 radical (unpaired) electrons. The maximum atomic E-state index is 13.1. The third-order valence-electron chi connectivity index (χ3n) is 1.64. The Morgan fingerprint density at radius 3 is 2.79 bits per heavy atom. The predicted octanol–water partition coefficient (Wildman–Crippen LogP) is 1.82. The van der Waals surface area contributed by atoms with Crippen molar-refractivity contribution < 1.29 is 9.18 Å². The van der Waals surface area contributed by atoms with Gasteiger partial charge in [-0.1, -0.05) is 0 Å². The second-order valence-corrected chi connectivity index (χ2v) is 4.58. The van der Waals surface area contributed by atoms with Gasteiger partial charge in [-0.15, -0.1) is 11.3 Å². The van der Waals surface area contributed by atoms with Gasteiger partial charge >= 0.3 is 0 Å². The normalized spacial score (nSPS) is 11.4. The largest absolute Gasteiger partial charge is 0.348 e. The van der Waals surface area contributed by atoms with Crippen molar-refractivity contribution in [2.45, 2.75) is 33.0 Å². The first-order chi connectivity index (χ1) is 6.39. The minimum atomic E-state index is -1.83. The van der Waals surface area contributed by atoms with E-state index >= 15 is 0 Å². The van der Waals surface area contributed by atoms with Gasteiger partial charge in [-0.25, -0.2) is 9.37 Å². The van der Waals surface area contributed by atoms with Crippen LogP contribution < -0.4 is 5.32 Å². The number of nitrogens with one attached hydrogen (secondary N) is 1. The van der Waals surface area contributed by atoms with Gasteiger partial charge < -0.3 is 5.32 Å². The fraction of sp³-hybridized carbons (Fsp3) is 0.556. The monoisotopic (exact) mass is 216 g/mol. The first kappa shape index (κ1) is 11.1. The Bertz CT molecular complexity index is 330. The summed E-state index contributed by atoms with van der Waals surface area (Å²) >= 11 is 1.51. The summed E-state index contributed by atoms with van der Waals surface area (Å²) in [6, 6.07) is 0. The summed E-state index contributed by atoms with van der Waals surface area (Å²) in [7, 11) is 0. The third kappa shape index (κ3) is 3.06. The van der Waals surface area contributed by atoms with E-state index in [1.165, 1.54) is 25.2 Å². The zero-order valence-corrected chi connectivity index (χ0v) is 9.24. The van der Waals surface area contributed by atoms with E-state index in [2.05, 4.69) is 10.3 Å². The number of carbonyl (C=O) groups excluding carboxylic acids is 1. The van der Waals surface area contributed by atoms with E-state index < -0.39 is 11.6 Å². The van der Waals surface area contributed by atoms with E-state index in [9.17, 15) is 9.18 Å². The van der Waals surface area contributed by atoms with Crippen molar-refractivity contribution in [3.63, 3.8) is 0 Å². The van der Waals surface area contributed by atoms with Gasteiger partial charge in [-0.3, -0.25) is 4.79 Å². The number of alkyl halides is 1. The number of hydrogen-bond acceptors (Lipinski definition) is 3.